The number of benzene rings is 1. The van der Waals surface area contributed by atoms with Gasteiger partial charge in [-0.05, 0) is 219 Å². The third-order valence-electron chi connectivity index (χ3n) is 17.8. The van der Waals surface area contributed by atoms with Crippen LogP contribution >= 0.6 is 0 Å². The molecule has 19 heteroatoms. The van der Waals surface area contributed by atoms with Gasteiger partial charge < -0.3 is 49.1 Å². The van der Waals surface area contributed by atoms with Gasteiger partial charge in [-0.25, -0.2) is 0 Å². The minimum absolute atomic E-state index is 0.00240. The van der Waals surface area contributed by atoms with Crippen molar-refractivity contribution in [2.75, 3.05) is 64.3 Å². The Morgan fingerprint density at radius 1 is 0.612 bits per heavy atom. The monoisotopic (exact) mass is 1200 g/mol. The smallest absolute Gasteiger partial charge is 0.326 e. The molecule has 0 aromatic heterocycles. The van der Waals surface area contributed by atoms with E-state index in [4.69, 9.17) is 28.4 Å². The van der Waals surface area contributed by atoms with Crippen LogP contribution in [0.3, 0.4) is 0 Å². The molecule has 0 aliphatic heterocycles. The second-order valence-electron chi connectivity index (χ2n) is 30.7. The molecule has 4 saturated carbocycles. The number of nitrogens with one attached hydrogen (secondary N) is 1. The van der Waals surface area contributed by atoms with Crippen molar-refractivity contribution in [2.45, 2.75) is 241 Å². The zero-order chi connectivity index (χ0) is 63.8. The number of aliphatic hydroxyl groups is 3. The second-order valence-corrected chi connectivity index (χ2v) is 30.7. The van der Waals surface area contributed by atoms with Gasteiger partial charge in [-0.15, -0.1) is 0 Å². The lowest BCUT2D eigenvalue weighted by molar-refractivity contribution is -0.207. The maximum absolute atomic E-state index is 14.3. The largest absolute Gasteiger partial charge is 0.459 e. The number of carbonyl (C=O) groups excluding carboxylic acids is 6. The number of carbonyl (C=O) groups is 6. The molecule has 0 bridgehead atoms. The third-order valence-corrected chi connectivity index (χ3v) is 17.8. The summed E-state index contributed by atoms with van der Waals surface area (Å²) >= 11 is 0. The summed E-state index contributed by atoms with van der Waals surface area (Å²) in [6.07, 6.45) is 5.41. The normalized spacial score (nSPS) is 27.1. The second kappa shape index (κ2) is 28.9. The first-order valence-corrected chi connectivity index (χ1v) is 31.3. The number of amides is 1. The van der Waals surface area contributed by atoms with E-state index in [1.54, 1.807) is 131 Å². The number of rotatable bonds is 25. The Balaban J connectivity index is 1.26. The molecule has 0 spiro atoms. The van der Waals surface area contributed by atoms with E-state index in [1.165, 1.54) is 0 Å². The molecule has 0 saturated heterocycles. The molecule has 4 fully saturated rings. The molecule has 4 aliphatic rings. The highest BCUT2D eigenvalue weighted by atomic mass is 16.6. The molecule has 4 aliphatic carbocycles. The molecule has 4 N–H and O–H groups in total. The number of ether oxygens (including phenoxy) is 6. The molecule has 1 aromatic rings. The lowest BCUT2D eigenvalue weighted by atomic mass is 9.43. The summed E-state index contributed by atoms with van der Waals surface area (Å²) in [4.78, 5) is 86.3. The van der Waals surface area contributed by atoms with E-state index in [-0.39, 0.29) is 124 Å². The Morgan fingerprint density at radius 2 is 1.11 bits per heavy atom. The van der Waals surface area contributed by atoms with Crippen molar-refractivity contribution in [1.29, 1.82) is 0 Å². The number of aliphatic hydroxyl groups excluding tert-OH is 3. The summed E-state index contributed by atoms with van der Waals surface area (Å²) in [7, 11) is 0. The van der Waals surface area contributed by atoms with Crippen molar-refractivity contribution in [3.05, 3.63) is 29.8 Å². The van der Waals surface area contributed by atoms with Gasteiger partial charge in [-0.1, -0.05) is 32.9 Å². The summed E-state index contributed by atoms with van der Waals surface area (Å²) in [6, 6.07) is 6.12. The van der Waals surface area contributed by atoms with Crippen LogP contribution in [0.5, 0.6) is 0 Å². The van der Waals surface area contributed by atoms with Crippen molar-refractivity contribution in [3.8, 4) is 0 Å². The van der Waals surface area contributed by atoms with Crippen LogP contribution in [0.15, 0.2) is 24.3 Å². The Morgan fingerprint density at radius 3 is 1.64 bits per heavy atom. The number of hydrogen-bond acceptors (Lipinski definition) is 18. The maximum atomic E-state index is 14.3. The molecule has 85 heavy (non-hydrogen) atoms. The van der Waals surface area contributed by atoms with E-state index >= 15 is 0 Å². The molecule has 5 rings (SSSR count). The molecular weight excluding hydrogens is 1090 g/mol. The summed E-state index contributed by atoms with van der Waals surface area (Å²) in [5.41, 5.74) is -3.13. The number of anilines is 1. The topological polar surface area (TPSA) is 240 Å². The zero-order valence-electron chi connectivity index (χ0n) is 55.1. The predicted octanol–water partition coefficient (Wildman–Crippen LogP) is 8.50. The highest BCUT2D eigenvalue weighted by Gasteiger charge is 2.65. The van der Waals surface area contributed by atoms with E-state index in [2.05, 4.69) is 26.1 Å². The maximum Gasteiger partial charge on any atom is 0.326 e. The van der Waals surface area contributed by atoms with E-state index in [1.807, 2.05) is 12.1 Å². The van der Waals surface area contributed by atoms with Crippen molar-refractivity contribution in [1.82, 2.24) is 14.7 Å². The van der Waals surface area contributed by atoms with Crippen molar-refractivity contribution < 1.29 is 72.5 Å². The van der Waals surface area contributed by atoms with Gasteiger partial charge in [0.15, 0.2) is 0 Å². The first-order chi connectivity index (χ1) is 39.0. The molecule has 0 heterocycles. The van der Waals surface area contributed by atoms with Gasteiger partial charge in [0.25, 0.3) is 0 Å². The van der Waals surface area contributed by atoms with Crippen molar-refractivity contribution in [2.24, 2.45) is 46.3 Å². The van der Waals surface area contributed by atoms with Crippen LogP contribution in [0.1, 0.15) is 188 Å². The van der Waals surface area contributed by atoms with Crippen LogP contribution in [0.2, 0.25) is 0 Å². The SMILES string of the molecule is C[C@H](CCC(=O)Nc1ccc(COCC(C(=O)OC(C)(C)C)N(CCN(CCN(CC(=O)OC(C)(C)C)CC(=O)OC(C)(C)C)CC(=O)OC(C)(C)C)CC(=O)OC(C)(C)C)cc1)[C@H]1CCC2C3C(C[C@H](O)[C@@]21C)[C@@]1(C)CC[C@@H](O)C[C@H]1C[C@H]3O. The molecule has 1 amide bonds. The quantitative estimate of drug-likeness (QED) is 0.0530. The van der Waals surface area contributed by atoms with Gasteiger partial charge in [0, 0.05) is 38.3 Å². The van der Waals surface area contributed by atoms with Crippen LogP contribution < -0.4 is 5.32 Å². The summed E-state index contributed by atoms with van der Waals surface area (Å²) in [6.45, 7) is 32.2. The summed E-state index contributed by atoms with van der Waals surface area (Å²) in [5.74, 6) is -1.82. The van der Waals surface area contributed by atoms with Gasteiger partial charge in [0.2, 0.25) is 5.91 Å². The van der Waals surface area contributed by atoms with Crippen molar-refractivity contribution in [3.63, 3.8) is 0 Å². The Labute approximate surface area is 508 Å². The first kappa shape index (κ1) is 71.5. The molecule has 0 radical (unpaired) electrons. The minimum atomic E-state index is -1.13. The average molecular weight is 1200 g/mol. The highest BCUT2D eigenvalue weighted by Crippen LogP contribution is 2.68. The molecular formula is C66H110N4O15. The van der Waals surface area contributed by atoms with Gasteiger partial charge in [0.05, 0.1) is 57.7 Å². The van der Waals surface area contributed by atoms with E-state index < -0.39 is 76.1 Å². The standard InChI is InChI=1S/C66H110N4O15/c1-42(47-24-25-48-58-49(35-52(73)66(47,48)18)65(17)28-27-46(71)33-44(65)34-51(58)72)19-26-53(74)67-45-22-20-43(21-23-45)40-80-41-50(59(79)85-64(14,15)16)70(39-57(78)84-63(11,12)13)32-31-68(36-54(75)81-60(2,3)4)29-30-69(37-55(76)82-61(5,6)7)38-56(77)83-62(8,9)10/h20-23,42,44,46-52,58,71-73H,19,24-41H2,1-18H3,(H,67,74)/t42-,44+,46-,47-,48?,49?,50?,51-,52+,58?,65+,66-/m1/s1. The van der Waals surface area contributed by atoms with E-state index in [0.29, 0.717) is 31.4 Å². The fraction of sp³-hybridized carbons (Fsp3) is 0.818. The third kappa shape index (κ3) is 21.8. The van der Waals surface area contributed by atoms with Crippen LogP contribution in [0.25, 0.3) is 0 Å². The number of hydrogen-bond donors (Lipinski definition) is 4. The Bertz CT molecular complexity index is 2370. The average Bonchev–Trinajstić information content (AvgIpc) is 1.80. The molecule has 19 nitrogen and oxygen atoms in total. The lowest BCUT2D eigenvalue weighted by Crippen LogP contribution is -2.62. The van der Waals surface area contributed by atoms with Gasteiger partial charge >= 0.3 is 29.8 Å². The number of nitrogens with zero attached hydrogens (tertiary/aromatic N) is 3. The highest BCUT2D eigenvalue weighted by molar-refractivity contribution is 5.90. The van der Waals surface area contributed by atoms with Gasteiger partial charge in [0.1, 0.15) is 34.0 Å². The van der Waals surface area contributed by atoms with E-state index in [9.17, 15) is 44.1 Å². The Kier molecular flexibility index (Phi) is 24.3. The minimum Gasteiger partial charge on any atom is -0.459 e. The van der Waals surface area contributed by atoms with E-state index in [0.717, 1.165) is 37.7 Å². The molecule has 1 aromatic carbocycles. The van der Waals surface area contributed by atoms with Gasteiger partial charge in [-0.2, -0.15) is 0 Å². The summed E-state index contributed by atoms with van der Waals surface area (Å²) < 4.78 is 34.9. The van der Waals surface area contributed by atoms with Gasteiger partial charge in [-0.3, -0.25) is 43.5 Å². The molecule has 4 unspecified atom stereocenters. The van der Waals surface area contributed by atoms with Crippen LogP contribution in [-0.2, 0) is 63.8 Å². The fourth-order valence-electron chi connectivity index (χ4n) is 14.2. The lowest BCUT2D eigenvalue weighted by Gasteiger charge is -2.63. The van der Waals surface area contributed by atoms with Crippen LogP contribution in [0, 0.1) is 46.3 Å². The first-order valence-electron chi connectivity index (χ1n) is 31.3. The van der Waals surface area contributed by atoms with Crippen LogP contribution in [0.4, 0.5) is 5.69 Å². The zero-order valence-corrected chi connectivity index (χ0v) is 55.1. The number of esters is 5. The summed E-state index contributed by atoms with van der Waals surface area (Å²) in [5, 5.41) is 37.4. The van der Waals surface area contributed by atoms with Crippen molar-refractivity contribution >= 4 is 41.4 Å². The Hall–Kier alpha value is -4.24. The number of fused-ring (bicyclic) bond motifs is 5. The predicted molar refractivity (Wildman–Crippen MR) is 325 cm³/mol. The molecule has 12 atom stereocenters. The molecule has 484 valence electrons. The van der Waals surface area contributed by atoms with Crippen LogP contribution in [-0.4, -0.2) is 177 Å². The fourth-order valence-corrected chi connectivity index (χ4v) is 14.2.